The van der Waals surface area contributed by atoms with Crippen LogP contribution in [0.15, 0.2) is 42.5 Å². The molecule has 0 N–H and O–H groups in total. The summed E-state index contributed by atoms with van der Waals surface area (Å²) in [6.07, 6.45) is -0.329. The second-order valence-corrected chi connectivity index (χ2v) is 11.1. The minimum absolute atomic E-state index is 0.329. The summed E-state index contributed by atoms with van der Waals surface area (Å²) >= 11 is 0. The fraction of sp³-hybridized carbons (Fsp3) is 0.519. The summed E-state index contributed by atoms with van der Waals surface area (Å²) < 4.78 is 17.9. The van der Waals surface area contributed by atoms with Gasteiger partial charge in [0.2, 0.25) is 0 Å². The second kappa shape index (κ2) is 9.24. The molecule has 0 aromatic heterocycles. The van der Waals surface area contributed by atoms with Crippen molar-refractivity contribution in [1.29, 1.82) is 0 Å². The van der Waals surface area contributed by atoms with Crippen molar-refractivity contribution >= 4 is 18.7 Å². The molecule has 2 fully saturated rings. The average Bonchev–Trinajstić information content (AvgIpc) is 3.33. The summed E-state index contributed by atoms with van der Waals surface area (Å²) in [5.41, 5.74) is 3.84. The Balaban J connectivity index is 1.16. The van der Waals surface area contributed by atoms with E-state index >= 15 is 0 Å². The van der Waals surface area contributed by atoms with Gasteiger partial charge in [0.25, 0.3) is 0 Å². The van der Waals surface area contributed by atoms with E-state index in [1.54, 1.807) is 17.0 Å². The summed E-state index contributed by atoms with van der Waals surface area (Å²) in [4.78, 5) is 19.5. The van der Waals surface area contributed by atoms with Gasteiger partial charge in [-0.3, -0.25) is 9.80 Å². The highest BCUT2D eigenvalue weighted by atomic mass is 16.7. The first-order chi connectivity index (χ1) is 16.6. The molecule has 0 radical (unpaired) electrons. The zero-order valence-corrected chi connectivity index (χ0v) is 21.5. The molecule has 0 unspecified atom stereocenters. The highest BCUT2D eigenvalue weighted by Gasteiger charge is 2.51. The van der Waals surface area contributed by atoms with Gasteiger partial charge < -0.3 is 18.9 Å². The number of carbonyl (C=O) groups excluding carboxylic acids is 1. The normalized spacial score (nSPS) is 21.9. The third-order valence-electron chi connectivity index (χ3n) is 7.86. The molecule has 186 valence electrons. The Hall–Kier alpha value is -2.39. The zero-order valence-electron chi connectivity index (χ0n) is 21.5. The third kappa shape index (κ3) is 5.12. The van der Waals surface area contributed by atoms with Crippen LogP contribution < -0.4 is 10.2 Å². The van der Waals surface area contributed by atoms with Crippen molar-refractivity contribution in [3.8, 4) is 5.75 Å². The van der Waals surface area contributed by atoms with Crippen molar-refractivity contribution in [2.45, 2.75) is 58.5 Å². The van der Waals surface area contributed by atoms with E-state index < -0.39 is 18.3 Å². The van der Waals surface area contributed by atoms with Crippen LogP contribution in [0.3, 0.4) is 0 Å². The second-order valence-electron chi connectivity index (χ2n) is 11.1. The van der Waals surface area contributed by atoms with E-state index in [4.69, 9.17) is 14.0 Å². The maximum Gasteiger partial charge on any atom is 0.494 e. The first-order valence-corrected chi connectivity index (χ1v) is 12.5. The Morgan fingerprint density at radius 3 is 2.20 bits per heavy atom. The molecule has 2 aromatic carbocycles. The molecule has 0 aliphatic carbocycles. The molecule has 3 heterocycles. The highest BCUT2D eigenvalue weighted by Crippen LogP contribution is 2.36. The lowest BCUT2D eigenvalue weighted by molar-refractivity contribution is 0.00578. The van der Waals surface area contributed by atoms with E-state index in [0.29, 0.717) is 18.8 Å². The van der Waals surface area contributed by atoms with E-state index in [9.17, 15) is 4.79 Å². The van der Waals surface area contributed by atoms with Crippen LogP contribution in [0, 0.1) is 0 Å². The molecule has 0 spiro atoms. The molecule has 3 aliphatic heterocycles. The maximum absolute atomic E-state index is 12.9. The number of amides is 1. The number of hydrogen-bond acceptors (Lipinski definition) is 6. The number of benzene rings is 2. The van der Waals surface area contributed by atoms with Crippen LogP contribution in [0.25, 0.3) is 0 Å². The number of ether oxygens (including phenoxy) is 1. The molecule has 7 nitrogen and oxygen atoms in total. The number of hydrogen-bond donors (Lipinski definition) is 0. The van der Waals surface area contributed by atoms with Gasteiger partial charge in [0, 0.05) is 45.8 Å². The molecule has 5 rings (SSSR count). The Morgan fingerprint density at radius 2 is 1.54 bits per heavy atom. The van der Waals surface area contributed by atoms with E-state index in [1.807, 2.05) is 39.8 Å². The van der Waals surface area contributed by atoms with Crippen LogP contribution in [0.2, 0.25) is 0 Å². The fourth-order valence-corrected chi connectivity index (χ4v) is 4.78. The molecule has 8 heteroatoms. The van der Waals surface area contributed by atoms with Crippen LogP contribution in [0.5, 0.6) is 5.75 Å². The highest BCUT2D eigenvalue weighted by molar-refractivity contribution is 6.62. The van der Waals surface area contributed by atoms with Crippen LogP contribution >= 0.6 is 0 Å². The molecular formula is C27H36BN3O4. The number of piperazine rings is 1. The summed E-state index contributed by atoms with van der Waals surface area (Å²) in [5, 5.41) is 0. The molecule has 2 saturated heterocycles. The van der Waals surface area contributed by atoms with Gasteiger partial charge in [-0.15, -0.1) is 0 Å². The van der Waals surface area contributed by atoms with Crippen LogP contribution in [0.4, 0.5) is 4.79 Å². The van der Waals surface area contributed by atoms with Gasteiger partial charge in [-0.1, -0.05) is 30.3 Å². The minimum Gasteiger partial charge on any atom is -0.410 e. The number of rotatable bonds is 4. The van der Waals surface area contributed by atoms with E-state index in [1.165, 1.54) is 16.7 Å². The Morgan fingerprint density at radius 1 is 0.914 bits per heavy atom. The summed E-state index contributed by atoms with van der Waals surface area (Å²) in [6.45, 7) is 14.7. The first kappa shape index (κ1) is 24.3. The SMILES string of the molecule is CN1CCN(Cc2ccc3c(c2)CN(C(=O)Oc2ccc(B4OC(C)(C)C(C)(C)O4)cc2)C3)CC1. The quantitative estimate of drug-likeness (QED) is 0.631. The predicted octanol–water partition coefficient (Wildman–Crippen LogP) is 3.25. The zero-order chi connectivity index (χ0) is 24.8. The summed E-state index contributed by atoms with van der Waals surface area (Å²) in [7, 11) is 1.74. The number of fused-ring (bicyclic) bond motifs is 1. The molecule has 2 aromatic rings. The van der Waals surface area contributed by atoms with E-state index in [-0.39, 0.29) is 6.09 Å². The fourth-order valence-electron chi connectivity index (χ4n) is 4.78. The van der Waals surface area contributed by atoms with Gasteiger partial charge >= 0.3 is 13.2 Å². The molecule has 3 aliphatic rings. The lowest BCUT2D eigenvalue weighted by atomic mass is 9.79. The number of nitrogens with zero attached hydrogens (tertiary/aromatic N) is 3. The third-order valence-corrected chi connectivity index (χ3v) is 7.86. The standard InChI is InChI=1S/C27H36BN3O4/c1-26(2)27(3,4)35-28(34-26)23-8-10-24(11-9-23)33-25(32)31-18-21-7-6-20(16-22(21)19-31)17-30-14-12-29(5)13-15-30/h6-11,16H,12-15,17-19H2,1-5H3. The molecule has 35 heavy (non-hydrogen) atoms. The summed E-state index contributed by atoms with van der Waals surface area (Å²) in [5.74, 6) is 0.516. The van der Waals surface area contributed by atoms with Crippen molar-refractivity contribution in [3.63, 3.8) is 0 Å². The van der Waals surface area contributed by atoms with Gasteiger partial charge in [0.1, 0.15) is 5.75 Å². The molecule has 0 bridgehead atoms. The Labute approximate surface area is 209 Å². The van der Waals surface area contributed by atoms with Gasteiger partial charge in [-0.2, -0.15) is 0 Å². The molecule has 1 amide bonds. The molecule has 0 atom stereocenters. The first-order valence-electron chi connectivity index (χ1n) is 12.5. The van der Waals surface area contributed by atoms with Crippen LogP contribution in [-0.2, 0) is 28.9 Å². The largest absolute Gasteiger partial charge is 0.494 e. The molecular weight excluding hydrogens is 441 g/mol. The number of carbonyl (C=O) groups is 1. The maximum atomic E-state index is 12.9. The van der Waals surface area contributed by atoms with Crippen molar-refractivity contribution in [2.75, 3.05) is 33.2 Å². The van der Waals surface area contributed by atoms with Crippen molar-refractivity contribution in [3.05, 3.63) is 59.2 Å². The van der Waals surface area contributed by atoms with Gasteiger partial charge in [0.05, 0.1) is 11.2 Å². The topological polar surface area (TPSA) is 54.5 Å². The molecule has 0 saturated carbocycles. The lowest BCUT2D eigenvalue weighted by Gasteiger charge is -2.32. The summed E-state index contributed by atoms with van der Waals surface area (Å²) in [6, 6.07) is 14.0. The van der Waals surface area contributed by atoms with Crippen molar-refractivity contribution in [2.24, 2.45) is 0 Å². The number of likely N-dealkylation sites (N-methyl/N-ethyl adjacent to an activating group) is 1. The van der Waals surface area contributed by atoms with Crippen molar-refractivity contribution in [1.82, 2.24) is 14.7 Å². The smallest absolute Gasteiger partial charge is 0.410 e. The monoisotopic (exact) mass is 477 g/mol. The lowest BCUT2D eigenvalue weighted by Crippen LogP contribution is -2.43. The average molecular weight is 477 g/mol. The van der Waals surface area contributed by atoms with Gasteiger partial charge in [0.15, 0.2) is 0 Å². The Kier molecular flexibility index (Phi) is 6.42. The predicted molar refractivity (Wildman–Crippen MR) is 137 cm³/mol. The van der Waals surface area contributed by atoms with Crippen LogP contribution in [-0.4, -0.2) is 72.3 Å². The van der Waals surface area contributed by atoms with Crippen LogP contribution in [0.1, 0.15) is 44.4 Å². The Bertz CT molecular complexity index is 1060. The van der Waals surface area contributed by atoms with E-state index in [2.05, 4.69) is 35.0 Å². The van der Waals surface area contributed by atoms with Gasteiger partial charge in [-0.25, -0.2) is 4.79 Å². The minimum atomic E-state index is -0.433. The van der Waals surface area contributed by atoms with Crippen molar-refractivity contribution < 1.29 is 18.8 Å². The van der Waals surface area contributed by atoms with Gasteiger partial charge in [-0.05, 0) is 69.0 Å². The van der Waals surface area contributed by atoms with E-state index in [0.717, 1.165) is 38.2 Å².